The second-order valence-corrected chi connectivity index (χ2v) is 7.82. The van der Waals surface area contributed by atoms with Crippen molar-refractivity contribution in [1.29, 1.82) is 5.26 Å². The molecule has 3 aromatic rings. The van der Waals surface area contributed by atoms with E-state index in [0.717, 1.165) is 11.1 Å². The van der Waals surface area contributed by atoms with Gasteiger partial charge in [-0.3, -0.25) is 10.1 Å². The molecule has 1 unspecified atom stereocenters. The Balaban J connectivity index is 2.02. The number of nitrogens with one attached hydrogen (secondary N) is 1. The van der Waals surface area contributed by atoms with Crippen LogP contribution < -0.4 is 10.2 Å². The number of nitriles is 1. The maximum Gasteiger partial charge on any atom is 0.353 e. The van der Waals surface area contributed by atoms with Gasteiger partial charge in [-0.05, 0) is 41.8 Å². The molecule has 0 fully saturated rings. The molecule has 1 aromatic heterocycles. The Morgan fingerprint density at radius 1 is 1.19 bits per heavy atom. The van der Waals surface area contributed by atoms with Crippen molar-refractivity contribution in [3.05, 3.63) is 79.6 Å². The molecule has 0 radical (unpaired) electrons. The largest absolute Gasteiger partial charge is 0.357 e. The third kappa shape index (κ3) is 4.68. The van der Waals surface area contributed by atoms with E-state index < -0.39 is 10.8 Å². The van der Waals surface area contributed by atoms with Crippen molar-refractivity contribution in [2.24, 2.45) is 0 Å². The smallest absolute Gasteiger partial charge is 0.353 e. The first-order chi connectivity index (χ1) is 14.7. The van der Waals surface area contributed by atoms with E-state index in [1.165, 1.54) is 11.2 Å². The molecule has 3 rings (SSSR count). The molecule has 0 amide bonds. The van der Waals surface area contributed by atoms with Gasteiger partial charge in [0.15, 0.2) is 0 Å². The van der Waals surface area contributed by atoms with Crippen LogP contribution in [0.2, 0.25) is 10.0 Å². The van der Waals surface area contributed by atoms with Gasteiger partial charge in [-0.25, -0.2) is 9.97 Å². The summed E-state index contributed by atoms with van der Waals surface area (Å²) in [5, 5.41) is 25.3. The number of hydrogen-bond acceptors (Lipinski definition) is 7. The van der Waals surface area contributed by atoms with E-state index >= 15 is 0 Å². The maximum atomic E-state index is 11.6. The van der Waals surface area contributed by atoms with Crippen molar-refractivity contribution < 1.29 is 4.92 Å². The number of nitrogens with zero attached hydrogens (tertiary/aromatic N) is 5. The monoisotopic (exact) mass is 456 g/mol. The molecule has 0 saturated carbocycles. The standard InChI is InChI=1S/C21H18Cl2N6O2/c1-12-8-15(16(10-24)13-4-6-14(22)7-5-13)17(23)9-18(12)27-20-19(29(30)31)21(28(2)3)26-11-25-20/h4-9,11,16H,1-3H3,(H,25,26,27). The highest BCUT2D eigenvalue weighted by Crippen LogP contribution is 2.37. The second-order valence-electron chi connectivity index (χ2n) is 6.97. The van der Waals surface area contributed by atoms with Gasteiger partial charge < -0.3 is 10.2 Å². The minimum atomic E-state index is -0.591. The van der Waals surface area contributed by atoms with Crippen LogP contribution in [0, 0.1) is 28.4 Å². The fraction of sp³-hybridized carbons (Fsp3) is 0.190. The Morgan fingerprint density at radius 2 is 1.87 bits per heavy atom. The van der Waals surface area contributed by atoms with E-state index in [1.54, 1.807) is 50.5 Å². The lowest BCUT2D eigenvalue weighted by atomic mass is 9.91. The molecule has 0 spiro atoms. The van der Waals surface area contributed by atoms with Gasteiger partial charge in [0.1, 0.15) is 6.33 Å². The summed E-state index contributed by atoms with van der Waals surface area (Å²) in [6.45, 7) is 1.82. The van der Waals surface area contributed by atoms with Gasteiger partial charge in [0, 0.05) is 29.8 Å². The van der Waals surface area contributed by atoms with Crippen LogP contribution in [0.15, 0.2) is 42.7 Å². The van der Waals surface area contributed by atoms with Crippen molar-refractivity contribution in [3.8, 4) is 6.07 Å². The fourth-order valence-electron chi connectivity index (χ4n) is 3.12. The van der Waals surface area contributed by atoms with Crippen molar-refractivity contribution in [2.45, 2.75) is 12.8 Å². The molecule has 158 valence electrons. The van der Waals surface area contributed by atoms with Gasteiger partial charge in [-0.15, -0.1) is 0 Å². The molecule has 1 atom stereocenters. The van der Waals surface area contributed by atoms with Crippen molar-refractivity contribution in [3.63, 3.8) is 0 Å². The van der Waals surface area contributed by atoms with Crippen LogP contribution in [0.25, 0.3) is 0 Å². The van der Waals surface area contributed by atoms with E-state index in [1.807, 2.05) is 6.92 Å². The molecule has 10 heteroatoms. The van der Waals surface area contributed by atoms with Crippen LogP contribution >= 0.6 is 23.2 Å². The normalized spacial score (nSPS) is 11.5. The summed E-state index contributed by atoms with van der Waals surface area (Å²) in [4.78, 5) is 20.7. The van der Waals surface area contributed by atoms with E-state index in [-0.39, 0.29) is 17.3 Å². The van der Waals surface area contributed by atoms with Crippen molar-refractivity contribution in [2.75, 3.05) is 24.3 Å². The summed E-state index contributed by atoms with van der Waals surface area (Å²) in [6, 6.07) is 12.7. The SMILES string of the molecule is Cc1cc(C(C#N)c2ccc(Cl)cc2)c(Cl)cc1Nc1ncnc(N(C)C)c1[N+](=O)[O-]. The Kier molecular flexibility index (Phi) is 6.59. The van der Waals surface area contributed by atoms with Crippen LogP contribution in [0.1, 0.15) is 22.6 Å². The number of aromatic nitrogens is 2. The number of hydrogen-bond donors (Lipinski definition) is 1. The first-order valence-corrected chi connectivity index (χ1v) is 9.87. The zero-order valence-corrected chi connectivity index (χ0v) is 18.4. The molecule has 0 aliphatic heterocycles. The quantitative estimate of drug-likeness (QED) is 0.387. The number of benzene rings is 2. The van der Waals surface area contributed by atoms with Gasteiger partial charge >= 0.3 is 5.69 Å². The van der Waals surface area contributed by atoms with Crippen molar-refractivity contribution in [1.82, 2.24) is 9.97 Å². The third-order valence-corrected chi connectivity index (χ3v) is 5.23. The van der Waals surface area contributed by atoms with Gasteiger partial charge in [-0.2, -0.15) is 5.26 Å². The maximum absolute atomic E-state index is 11.6. The predicted molar refractivity (Wildman–Crippen MR) is 121 cm³/mol. The molecule has 1 heterocycles. The Labute approximate surface area is 189 Å². The van der Waals surface area contributed by atoms with Gasteiger partial charge in [0.25, 0.3) is 0 Å². The second kappa shape index (κ2) is 9.16. The zero-order valence-electron chi connectivity index (χ0n) is 16.9. The zero-order chi connectivity index (χ0) is 22.7. The lowest BCUT2D eigenvalue weighted by Crippen LogP contribution is -2.14. The van der Waals surface area contributed by atoms with Gasteiger partial charge in [-0.1, -0.05) is 41.4 Å². The van der Waals surface area contributed by atoms with Crippen LogP contribution in [-0.2, 0) is 0 Å². The minimum Gasteiger partial charge on any atom is -0.357 e. The first kappa shape index (κ1) is 22.3. The summed E-state index contributed by atoms with van der Waals surface area (Å²) in [5.41, 5.74) is 2.42. The lowest BCUT2D eigenvalue weighted by Gasteiger charge is -2.17. The molecule has 0 saturated heterocycles. The van der Waals surface area contributed by atoms with Crippen LogP contribution in [0.5, 0.6) is 0 Å². The van der Waals surface area contributed by atoms with Crippen LogP contribution in [0.4, 0.5) is 23.0 Å². The Morgan fingerprint density at radius 3 is 2.45 bits per heavy atom. The molecule has 8 nitrogen and oxygen atoms in total. The van der Waals surface area contributed by atoms with Gasteiger partial charge in [0.2, 0.25) is 11.6 Å². The highest BCUT2D eigenvalue weighted by atomic mass is 35.5. The number of anilines is 3. The topological polar surface area (TPSA) is 108 Å². The molecule has 1 N–H and O–H groups in total. The molecule has 0 bridgehead atoms. The number of nitro groups is 1. The Bertz CT molecular complexity index is 1180. The molecule has 2 aromatic carbocycles. The highest BCUT2D eigenvalue weighted by Gasteiger charge is 2.25. The molecule has 0 aliphatic rings. The molecule has 0 aliphatic carbocycles. The summed E-state index contributed by atoms with van der Waals surface area (Å²) >= 11 is 12.5. The summed E-state index contributed by atoms with van der Waals surface area (Å²) in [6.07, 6.45) is 1.25. The lowest BCUT2D eigenvalue weighted by molar-refractivity contribution is -0.383. The highest BCUT2D eigenvalue weighted by molar-refractivity contribution is 6.32. The summed E-state index contributed by atoms with van der Waals surface area (Å²) in [7, 11) is 3.32. The summed E-state index contributed by atoms with van der Waals surface area (Å²) in [5.74, 6) is -0.369. The minimum absolute atomic E-state index is 0.0464. The van der Waals surface area contributed by atoms with E-state index in [0.29, 0.717) is 21.3 Å². The average Bonchev–Trinajstić information content (AvgIpc) is 2.72. The van der Waals surface area contributed by atoms with E-state index in [9.17, 15) is 15.4 Å². The van der Waals surface area contributed by atoms with Crippen molar-refractivity contribution >= 4 is 46.2 Å². The third-order valence-electron chi connectivity index (χ3n) is 4.65. The Hall–Kier alpha value is -3.41. The van der Waals surface area contributed by atoms with Crippen LogP contribution in [0.3, 0.4) is 0 Å². The molecular formula is C21H18Cl2N6O2. The average molecular weight is 457 g/mol. The van der Waals surface area contributed by atoms with E-state index in [2.05, 4.69) is 21.4 Å². The van der Waals surface area contributed by atoms with Crippen LogP contribution in [-0.4, -0.2) is 29.0 Å². The molecule has 31 heavy (non-hydrogen) atoms. The summed E-state index contributed by atoms with van der Waals surface area (Å²) < 4.78 is 0. The number of halogens is 2. The molecular weight excluding hydrogens is 439 g/mol. The predicted octanol–water partition coefficient (Wildman–Crippen LogP) is 5.47. The number of aryl methyl sites for hydroxylation is 1. The number of rotatable bonds is 6. The van der Waals surface area contributed by atoms with Gasteiger partial charge in [0.05, 0.1) is 16.9 Å². The fourth-order valence-corrected chi connectivity index (χ4v) is 3.52. The first-order valence-electron chi connectivity index (χ1n) is 9.11. The van der Waals surface area contributed by atoms with E-state index in [4.69, 9.17) is 23.2 Å².